The quantitative estimate of drug-likeness (QED) is 0.371. The Kier molecular flexibility index (Phi) is 5.75. The molecule has 0 bridgehead atoms. The Morgan fingerprint density at radius 2 is 1.81 bits per heavy atom. The normalized spacial score (nSPS) is 16.0. The zero-order valence-corrected chi connectivity index (χ0v) is 17.4. The van der Waals surface area contributed by atoms with Crippen LogP contribution in [0.5, 0.6) is 0 Å². The lowest BCUT2D eigenvalue weighted by atomic mass is 9.75. The van der Waals surface area contributed by atoms with Gasteiger partial charge < -0.3 is 9.29 Å². The highest BCUT2D eigenvalue weighted by atomic mass is 32.2. The van der Waals surface area contributed by atoms with Crippen LogP contribution in [0.4, 0.5) is 13.2 Å². The number of allylic oxidation sites excluding steroid dienone is 1. The first kappa shape index (κ1) is 22.6. The molecule has 0 saturated carbocycles. The minimum atomic E-state index is -5.81. The Morgan fingerprint density at radius 3 is 2.45 bits per heavy atom. The number of fused-ring (bicyclic) bond motifs is 1. The summed E-state index contributed by atoms with van der Waals surface area (Å²) in [5.41, 5.74) is -4.03. The highest BCUT2D eigenvalue weighted by molar-refractivity contribution is 7.87. The Balaban J connectivity index is 2.02. The van der Waals surface area contributed by atoms with Crippen LogP contribution >= 0.6 is 0 Å². The summed E-state index contributed by atoms with van der Waals surface area (Å²) in [4.78, 5) is 11.3. The van der Waals surface area contributed by atoms with Gasteiger partial charge in [0.05, 0.1) is 5.56 Å². The molecule has 9 heteroatoms. The zero-order chi connectivity index (χ0) is 23.0. The number of carboxylic acids is 1. The van der Waals surface area contributed by atoms with Gasteiger partial charge in [0, 0.05) is 5.56 Å². The third kappa shape index (κ3) is 4.66. The number of carbonyl (C=O) groups is 1. The summed E-state index contributed by atoms with van der Waals surface area (Å²) in [6, 6.07) is 11.3. The van der Waals surface area contributed by atoms with Crippen molar-refractivity contribution < 1.29 is 35.7 Å². The monoisotopic (exact) mass is 452 g/mol. The maximum Gasteiger partial charge on any atom is 0.534 e. The molecule has 1 aliphatic carbocycles. The molecule has 164 valence electrons. The van der Waals surface area contributed by atoms with Gasteiger partial charge in [0.1, 0.15) is 5.76 Å². The van der Waals surface area contributed by atoms with E-state index >= 15 is 0 Å². The fraction of sp³-hybridized carbons (Fsp3) is 0.227. The molecular formula is C22H19F3O5S. The number of hydrogen-bond donors (Lipinski definition) is 1. The van der Waals surface area contributed by atoms with E-state index in [1.165, 1.54) is 18.2 Å². The first-order valence-electron chi connectivity index (χ1n) is 9.18. The van der Waals surface area contributed by atoms with E-state index in [1.807, 2.05) is 13.8 Å². The minimum absolute atomic E-state index is 0.0954. The molecule has 0 radical (unpaired) electrons. The molecular weight excluding hydrogens is 433 g/mol. The summed E-state index contributed by atoms with van der Waals surface area (Å²) in [5, 5.41) is 9.28. The lowest BCUT2D eigenvalue weighted by Crippen LogP contribution is -2.27. The van der Waals surface area contributed by atoms with Crippen molar-refractivity contribution >= 4 is 34.0 Å². The van der Waals surface area contributed by atoms with E-state index in [9.17, 15) is 31.5 Å². The molecule has 5 nitrogen and oxygen atoms in total. The maximum atomic E-state index is 12.8. The van der Waals surface area contributed by atoms with Crippen LogP contribution in [0.15, 0.2) is 48.5 Å². The van der Waals surface area contributed by atoms with Gasteiger partial charge in [-0.05, 0) is 46.7 Å². The van der Waals surface area contributed by atoms with E-state index in [-0.39, 0.29) is 16.9 Å². The number of hydrogen-bond acceptors (Lipinski definition) is 4. The van der Waals surface area contributed by atoms with E-state index in [1.54, 1.807) is 42.5 Å². The lowest BCUT2D eigenvalue weighted by molar-refractivity contribution is -0.0509. The minimum Gasteiger partial charge on any atom is -0.478 e. The number of aromatic carboxylic acids is 1. The van der Waals surface area contributed by atoms with Gasteiger partial charge in [-0.2, -0.15) is 21.6 Å². The van der Waals surface area contributed by atoms with E-state index in [0.29, 0.717) is 23.1 Å². The third-order valence-electron chi connectivity index (χ3n) is 4.97. The molecule has 0 saturated heterocycles. The van der Waals surface area contributed by atoms with E-state index in [0.717, 1.165) is 0 Å². The van der Waals surface area contributed by atoms with Crippen LogP contribution in [0.3, 0.4) is 0 Å². The smallest absolute Gasteiger partial charge is 0.478 e. The van der Waals surface area contributed by atoms with Crippen molar-refractivity contribution in [3.8, 4) is 0 Å². The molecule has 1 N–H and O–H groups in total. The number of halogens is 3. The van der Waals surface area contributed by atoms with E-state index in [2.05, 4.69) is 4.18 Å². The van der Waals surface area contributed by atoms with Gasteiger partial charge in [-0.25, -0.2) is 4.79 Å². The predicted octanol–water partition coefficient (Wildman–Crippen LogP) is 5.44. The van der Waals surface area contributed by atoms with Gasteiger partial charge >= 0.3 is 21.6 Å². The van der Waals surface area contributed by atoms with Crippen molar-refractivity contribution in [3.63, 3.8) is 0 Å². The molecule has 2 aromatic rings. The van der Waals surface area contributed by atoms with Gasteiger partial charge in [-0.1, -0.05) is 56.3 Å². The van der Waals surface area contributed by atoms with Crippen LogP contribution in [-0.4, -0.2) is 25.0 Å². The van der Waals surface area contributed by atoms with Gasteiger partial charge in [-0.3, -0.25) is 0 Å². The molecule has 0 unspecified atom stereocenters. The van der Waals surface area contributed by atoms with Crippen LogP contribution in [0.2, 0.25) is 0 Å². The number of alkyl halides is 3. The second kappa shape index (κ2) is 7.88. The van der Waals surface area contributed by atoms with E-state index in [4.69, 9.17) is 0 Å². The second-order valence-electron chi connectivity index (χ2n) is 7.67. The highest BCUT2D eigenvalue weighted by Crippen LogP contribution is 2.41. The van der Waals surface area contributed by atoms with Crippen LogP contribution in [0, 0.1) is 0 Å². The standard InChI is InChI=1S/C22H19F3O5S/c1-21(2)12-11-19(30-31(28,29)22(23,24)25)17-13-14(8-10-18(17)21)7-9-15-5-3-4-6-16(15)20(26)27/h3-11,13H,12H2,1-2H3,(H,26,27)/b9-7+. The number of carboxylic acid groups (broad SMARTS) is 1. The van der Waals surface area contributed by atoms with E-state index < -0.39 is 27.0 Å². The highest BCUT2D eigenvalue weighted by Gasteiger charge is 2.49. The summed E-state index contributed by atoms with van der Waals surface area (Å²) in [6.45, 7) is 3.77. The molecule has 0 aliphatic heterocycles. The average molecular weight is 452 g/mol. The van der Waals surface area contributed by atoms with Crippen LogP contribution < -0.4 is 0 Å². The summed E-state index contributed by atoms with van der Waals surface area (Å²) in [5.74, 6) is -1.48. The first-order chi connectivity index (χ1) is 14.3. The van der Waals surface area contributed by atoms with Gasteiger partial charge in [0.25, 0.3) is 0 Å². The molecule has 0 fully saturated rings. The van der Waals surface area contributed by atoms with Gasteiger partial charge in [0.15, 0.2) is 0 Å². The van der Waals surface area contributed by atoms with Crippen LogP contribution in [0.1, 0.15) is 52.9 Å². The Morgan fingerprint density at radius 1 is 1.13 bits per heavy atom. The molecule has 3 rings (SSSR count). The summed E-state index contributed by atoms with van der Waals surface area (Å²) >= 11 is 0. The zero-order valence-electron chi connectivity index (χ0n) is 16.6. The third-order valence-corrected chi connectivity index (χ3v) is 5.93. The first-order valence-corrected chi connectivity index (χ1v) is 10.6. The molecule has 31 heavy (non-hydrogen) atoms. The SMILES string of the molecule is CC1(C)CC=C(OS(=O)(=O)C(F)(F)F)c2cc(/C=C/c3ccccc3C(=O)O)ccc21. The van der Waals surface area contributed by atoms with Gasteiger partial charge in [-0.15, -0.1) is 0 Å². The number of rotatable bonds is 5. The fourth-order valence-electron chi connectivity index (χ4n) is 3.29. The van der Waals surface area contributed by atoms with Gasteiger partial charge in [0.2, 0.25) is 0 Å². The topological polar surface area (TPSA) is 80.7 Å². The maximum absolute atomic E-state index is 12.8. The Bertz CT molecular complexity index is 1190. The Hall–Kier alpha value is -3.07. The lowest BCUT2D eigenvalue weighted by Gasteiger charge is -2.31. The van der Waals surface area contributed by atoms with Crippen molar-refractivity contribution in [3.05, 3.63) is 76.4 Å². The van der Waals surface area contributed by atoms with Crippen LogP contribution in [-0.2, 0) is 19.7 Å². The molecule has 0 atom stereocenters. The summed E-state index contributed by atoms with van der Waals surface area (Å²) in [7, 11) is -5.81. The van der Waals surface area contributed by atoms with Crippen molar-refractivity contribution in [2.24, 2.45) is 0 Å². The fourth-order valence-corrected chi connectivity index (χ4v) is 3.78. The number of benzene rings is 2. The molecule has 0 aromatic heterocycles. The van der Waals surface area contributed by atoms with Crippen molar-refractivity contribution in [2.45, 2.75) is 31.2 Å². The predicted molar refractivity (Wildman–Crippen MR) is 110 cm³/mol. The molecule has 0 amide bonds. The van der Waals surface area contributed by atoms with Crippen LogP contribution in [0.25, 0.3) is 17.9 Å². The van der Waals surface area contributed by atoms with Crippen molar-refractivity contribution in [1.29, 1.82) is 0 Å². The molecule has 2 aromatic carbocycles. The molecule has 1 aliphatic rings. The van der Waals surface area contributed by atoms with Crippen molar-refractivity contribution in [2.75, 3.05) is 0 Å². The largest absolute Gasteiger partial charge is 0.534 e. The summed E-state index contributed by atoms with van der Waals surface area (Å²) in [6.07, 6.45) is 4.79. The molecule has 0 heterocycles. The average Bonchev–Trinajstić information content (AvgIpc) is 2.68. The Labute approximate surface area is 177 Å². The van der Waals surface area contributed by atoms with Crippen molar-refractivity contribution in [1.82, 2.24) is 0 Å². The molecule has 0 spiro atoms. The second-order valence-corrected chi connectivity index (χ2v) is 9.21. The summed E-state index contributed by atoms with van der Waals surface area (Å²) < 4.78 is 65.9.